The number of fused-ring (bicyclic) bond motifs is 9. The second-order valence-corrected chi connectivity index (χ2v) is 16.9. The van der Waals surface area contributed by atoms with Crippen LogP contribution in [0.1, 0.15) is 5.56 Å². The van der Waals surface area contributed by atoms with Gasteiger partial charge < -0.3 is 17.8 Å². The first-order valence-corrected chi connectivity index (χ1v) is 22.6. The van der Waals surface area contributed by atoms with Gasteiger partial charge >= 0.3 is 24.9 Å². The van der Waals surface area contributed by atoms with Gasteiger partial charge in [-0.1, -0.05) is 121 Å². The number of H-pyrrole nitrogens is 2. The molecule has 12 rings (SSSR count). The fraction of sp³-hybridized carbons (Fsp3) is 0.0185. The van der Waals surface area contributed by atoms with Gasteiger partial charge in [0.1, 0.15) is 22.5 Å². The quantitative estimate of drug-likeness (QED) is 0.120. The zero-order valence-corrected chi connectivity index (χ0v) is 36.3. The van der Waals surface area contributed by atoms with Crippen LogP contribution in [0.2, 0.25) is 0 Å². The summed E-state index contributed by atoms with van der Waals surface area (Å²) in [7, 11) is 0. The Morgan fingerprint density at radius 1 is 0.400 bits per heavy atom. The molecule has 0 aliphatic heterocycles. The number of para-hydroxylation sites is 3. The third kappa shape index (κ3) is 8.96. The molecule has 306 valence electrons. The number of nitrogens with one attached hydrogen (secondary N) is 2. The van der Waals surface area contributed by atoms with Crippen molar-refractivity contribution in [2.24, 2.45) is 0 Å². The molecule has 0 unspecified atom stereocenters. The molecule has 12 aromatic rings. The summed E-state index contributed by atoms with van der Waals surface area (Å²) < 4.78 is 13.3. The fourth-order valence-electron chi connectivity index (χ4n) is 8.12. The summed E-state index contributed by atoms with van der Waals surface area (Å²) >= 11 is -2.36. The van der Waals surface area contributed by atoms with E-state index in [9.17, 15) is 10.2 Å². The second-order valence-electron chi connectivity index (χ2n) is 15.1. The van der Waals surface area contributed by atoms with Crippen LogP contribution in [0.15, 0.2) is 207 Å². The maximum absolute atomic E-state index is 11.8. The summed E-state index contributed by atoms with van der Waals surface area (Å²) in [6.07, 6.45) is 9.08. The van der Waals surface area contributed by atoms with Gasteiger partial charge in [-0.25, -0.2) is 9.97 Å². The summed E-state index contributed by atoms with van der Waals surface area (Å²) in [5.74, 6) is 1.61. The van der Waals surface area contributed by atoms with E-state index in [1.165, 1.54) is 0 Å². The Kier molecular flexibility index (Phi) is 12.5. The third-order valence-corrected chi connectivity index (χ3v) is 12.9. The molecule has 9 nitrogen and oxygen atoms in total. The Morgan fingerprint density at radius 3 is 1.29 bits per heavy atom. The Balaban J connectivity index is 0.000000141. The summed E-state index contributed by atoms with van der Waals surface area (Å²) in [4.78, 5) is 20.0. The van der Waals surface area contributed by atoms with Crippen molar-refractivity contribution in [1.29, 1.82) is 0 Å². The Morgan fingerprint density at radius 2 is 0.785 bits per heavy atom. The molecule has 0 atom stereocenters. The van der Waals surface area contributed by atoms with E-state index in [-0.39, 0.29) is 21.6 Å². The van der Waals surface area contributed by atoms with Gasteiger partial charge in [0.2, 0.25) is 11.0 Å². The van der Waals surface area contributed by atoms with Crippen molar-refractivity contribution in [3.8, 4) is 23.0 Å². The van der Waals surface area contributed by atoms with Crippen molar-refractivity contribution < 1.29 is 27.8 Å². The van der Waals surface area contributed by atoms with E-state index in [4.69, 9.17) is 7.58 Å². The number of pyridine rings is 5. The van der Waals surface area contributed by atoms with E-state index in [0.29, 0.717) is 5.28 Å². The van der Waals surface area contributed by atoms with Gasteiger partial charge in [-0.2, -0.15) is 0 Å². The first-order valence-electron chi connectivity index (χ1n) is 20.9. The Bertz CT molecular complexity index is 3310. The van der Waals surface area contributed by atoms with Crippen LogP contribution >= 0.6 is 0 Å². The number of aromatic amines is 2. The summed E-state index contributed by atoms with van der Waals surface area (Å²) in [5.41, 5.74) is 5.58. The van der Waals surface area contributed by atoms with E-state index in [0.717, 1.165) is 93.1 Å². The van der Waals surface area contributed by atoms with Crippen LogP contribution in [0, 0.1) is 0 Å². The molecule has 0 saturated carbocycles. The van der Waals surface area contributed by atoms with Crippen LogP contribution in [0.25, 0.3) is 76.1 Å². The number of rotatable bonds is 6. The maximum atomic E-state index is 11.8. The molecule has 65 heavy (non-hydrogen) atoms. The molecular weight excluding hydrogens is 819 g/mol. The van der Waals surface area contributed by atoms with Gasteiger partial charge in [-0.15, -0.1) is 0 Å². The summed E-state index contributed by atoms with van der Waals surface area (Å²) in [5, 5.41) is 33.0. The number of aromatic nitrogens is 5. The molecule has 0 saturated heterocycles. The van der Waals surface area contributed by atoms with Crippen LogP contribution in [-0.2, 0) is 5.28 Å². The van der Waals surface area contributed by atoms with E-state index >= 15 is 0 Å². The molecular formula is C54H38AlBeN5O4+2. The van der Waals surface area contributed by atoms with Crippen molar-refractivity contribution in [1.82, 2.24) is 15.0 Å². The van der Waals surface area contributed by atoms with E-state index < -0.39 is 14.8 Å². The van der Waals surface area contributed by atoms with Crippen molar-refractivity contribution in [2.75, 3.05) is 0 Å². The maximum Gasteiger partial charge on any atom is 2.00 e. The monoisotopic (exact) mass is 856 g/mol. The molecule has 0 bridgehead atoms. The standard InChI is InChI=1S/2C13H9NO.C10H8N.2C9H7NO.Al.Be/c2*15-11-5-1-3-9-6-7-10-4-2-8-14-13(10)12(9)11;1-8-4-2-5-9-6-3-7-11-10(8)9;2*11-8-5-1-3-7-4-2-6-10-9(7)8;;/h2*1-8,15H;2-7H,1H2;2*1-6,11H;;/q;;;;;2*+2/p-2. The van der Waals surface area contributed by atoms with E-state index in [1.54, 1.807) is 36.7 Å². The first kappa shape index (κ1) is 42.3. The number of nitrogens with zero attached hydrogens (tertiary/aromatic N) is 3. The topological polar surface area (TPSA) is 132 Å². The summed E-state index contributed by atoms with van der Waals surface area (Å²) in [6, 6.07) is 56.7. The molecule has 11 heteroatoms. The predicted molar refractivity (Wildman–Crippen MR) is 257 cm³/mol. The predicted octanol–water partition coefficient (Wildman–Crippen LogP) is 9.44. The van der Waals surface area contributed by atoms with Gasteiger partial charge in [0, 0.05) is 73.7 Å². The molecule has 0 spiro atoms. The zero-order chi connectivity index (χ0) is 43.2. The number of benzene rings is 7. The van der Waals surface area contributed by atoms with Crippen LogP contribution in [0.3, 0.4) is 0 Å². The molecule has 0 aliphatic rings. The molecule has 5 heterocycles. The van der Waals surface area contributed by atoms with E-state index in [2.05, 4.69) is 49.2 Å². The van der Waals surface area contributed by atoms with Gasteiger partial charge in [0.25, 0.3) is 0 Å². The second kappa shape index (κ2) is 19.2. The first-order chi connectivity index (χ1) is 31.6. The minimum atomic E-state index is -2.36. The molecule has 0 amide bonds. The molecule has 0 radical (unpaired) electrons. The Labute approximate surface area is 382 Å². The van der Waals surface area contributed by atoms with Crippen LogP contribution < -0.4 is 27.8 Å². The van der Waals surface area contributed by atoms with Crippen molar-refractivity contribution in [3.63, 3.8) is 0 Å². The minimum Gasteiger partial charge on any atom is -0.872 e. The number of hydrogen-bond acceptors (Lipinski definition) is 7. The van der Waals surface area contributed by atoms with E-state index in [1.807, 2.05) is 146 Å². The third-order valence-electron chi connectivity index (χ3n) is 11.1. The van der Waals surface area contributed by atoms with Gasteiger partial charge in [-0.3, -0.25) is 15.0 Å². The smallest absolute Gasteiger partial charge is 0.872 e. The van der Waals surface area contributed by atoms with Crippen molar-refractivity contribution in [2.45, 2.75) is 5.28 Å². The van der Waals surface area contributed by atoms with Gasteiger partial charge in [0.05, 0.1) is 5.52 Å². The molecule has 7 aromatic carbocycles. The molecule has 0 aliphatic carbocycles. The molecule has 2 N–H and O–H groups in total. The van der Waals surface area contributed by atoms with Crippen molar-refractivity contribution >= 4 is 101 Å². The van der Waals surface area contributed by atoms with Gasteiger partial charge in [-0.05, 0) is 70.9 Å². The molecule has 0 fully saturated rings. The summed E-state index contributed by atoms with van der Waals surface area (Å²) in [6.45, 7) is 0. The zero-order valence-electron chi connectivity index (χ0n) is 35.1. The normalized spacial score (nSPS) is 10.8. The largest absolute Gasteiger partial charge is 2.00 e. The average molecular weight is 857 g/mol. The fourth-order valence-corrected chi connectivity index (χ4v) is 9.97. The number of hydrogen-bond donors (Lipinski definition) is 0. The average Bonchev–Trinajstić information content (AvgIpc) is 3.35. The van der Waals surface area contributed by atoms with Crippen molar-refractivity contribution in [3.05, 3.63) is 212 Å². The van der Waals surface area contributed by atoms with Crippen LogP contribution in [0.4, 0.5) is 0 Å². The van der Waals surface area contributed by atoms with Crippen LogP contribution in [0.5, 0.6) is 23.0 Å². The SMILES string of the molecule is [Be+2].[O-]c1cccc2ccc3ccc[nH+]c3c12.[O-]c1cccc2ccc3ccc[nH+]c3c12.c1cnc2c([CH2][Al]([O]c3cccc4cccnc34)[O]c3cccc4cccnc34)cccc2c1. The van der Waals surface area contributed by atoms with Gasteiger partial charge in [0.15, 0.2) is 12.4 Å². The Hall–Kier alpha value is -7.99. The minimum absolute atomic E-state index is 0. The van der Waals surface area contributed by atoms with Crippen LogP contribution in [-0.4, -0.2) is 39.9 Å². The molecule has 5 aromatic heterocycles.